The van der Waals surface area contributed by atoms with Crippen LogP contribution in [0.15, 0.2) is 24.3 Å². The first-order valence-corrected chi connectivity index (χ1v) is 10.8. The molecule has 0 aromatic heterocycles. The highest BCUT2D eigenvalue weighted by atomic mass is 35.5. The second-order valence-electron chi connectivity index (χ2n) is 8.23. The molecule has 1 aromatic rings. The highest BCUT2D eigenvalue weighted by Crippen LogP contribution is 2.46. The third-order valence-electron chi connectivity index (χ3n) is 5.63. The van der Waals surface area contributed by atoms with Crippen LogP contribution < -0.4 is 0 Å². The summed E-state index contributed by atoms with van der Waals surface area (Å²) in [5, 5.41) is 0. The van der Waals surface area contributed by atoms with Crippen LogP contribution in [0.5, 0.6) is 0 Å². The number of hydrogen-bond acceptors (Lipinski definition) is 6. The molecule has 0 radical (unpaired) electrons. The van der Waals surface area contributed by atoms with Crippen molar-refractivity contribution >= 4 is 17.6 Å². The van der Waals surface area contributed by atoms with Crippen LogP contribution in [0, 0.1) is 11.7 Å². The number of carbonyl (C=O) groups excluding carboxylic acids is 1. The standard InChI is InChI=1S/C22H30ClFO6/c1-5-6-11-17(30-23)18-19(26-12-15-9-7-8-10-16(15)24)20-22(28-18,14(4)25)29-21(27-20)13(2)3/h7-10,13,17-21H,5-6,11-12H2,1-4H3/t17-,18+,19-,20+,21?,22+/m0/s1. The van der Waals surface area contributed by atoms with E-state index in [1.54, 1.807) is 18.2 Å². The molecule has 0 amide bonds. The summed E-state index contributed by atoms with van der Waals surface area (Å²) in [5.74, 6) is -2.28. The Balaban J connectivity index is 1.89. The number of unbranched alkanes of at least 4 members (excludes halogenated alkanes) is 1. The quantitative estimate of drug-likeness (QED) is 0.528. The van der Waals surface area contributed by atoms with Crippen LogP contribution in [0.4, 0.5) is 4.39 Å². The van der Waals surface area contributed by atoms with Crippen molar-refractivity contribution in [3.63, 3.8) is 0 Å². The Labute approximate surface area is 182 Å². The molecule has 8 heteroatoms. The van der Waals surface area contributed by atoms with Crippen molar-refractivity contribution in [1.29, 1.82) is 0 Å². The summed E-state index contributed by atoms with van der Waals surface area (Å²) < 4.78 is 43.6. The maximum atomic E-state index is 14.1. The molecule has 6 nitrogen and oxygen atoms in total. The summed E-state index contributed by atoms with van der Waals surface area (Å²) in [6, 6.07) is 6.37. The number of benzene rings is 1. The predicted molar refractivity (Wildman–Crippen MR) is 108 cm³/mol. The van der Waals surface area contributed by atoms with Gasteiger partial charge in [-0.05, 0) is 12.5 Å². The van der Waals surface area contributed by atoms with Crippen molar-refractivity contribution in [1.82, 2.24) is 0 Å². The van der Waals surface area contributed by atoms with Gasteiger partial charge in [-0.3, -0.25) is 9.08 Å². The smallest absolute Gasteiger partial charge is 0.261 e. The Morgan fingerprint density at radius 3 is 2.63 bits per heavy atom. The van der Waals surface area contributed by atoms with Gasteiger partial charge in [0.1, 0.15) is 24.1 Å². The fourth-order valence-corrected chi connectivity index (χ4v) is 4.12. The molecule has 3 rings (SSSR count). The van der Waals surface area contributed by atoms with E-state index in [1.165, 1.54) is 13.0 Å². The summed E-state index contributed by atoms with van der Waals surface area (Å²) >= 11 is 5.79. The van der Waals surface area contributed by atoms with E-state index in [1.807, 2.05) is 13.8 Å². The van der Waals surface area contributed by atoms with Crippen molar-refractivity contribution < 1.29 is 32.4 Å². The van der Waals surface area contributed by atoms with E-state index in [9.17, 15) is 9.18 Å². The maximum Gasteiger partial charge on any atom is 0.261 e. The first-order valence-electron chi connectivity index (χ1n) is 10.5. The number of rotatable bonds is 10. The molecular weight excluding hydrogens is 415 g/mol. The highest BCUT2D eigenvalue weighted by molar-refractivity contribution is 6.07. The van der Waals surface area contributed by atoms with Gasteiger partial charge in [0.05, 0.1) is 18.5 Å². The Hall–Kier alpha value is -1.09. The maximum absolute atomic E-state index is 14.1. The lowest BCUT2D eigenvalue weighted by atomic mass is 9.97. The zero-order valence-electron chi connectivity index (χ0n) is 17.8. The SMILES string of the molecule is CCCC[C@H](OCl)[C@H]1O[C@]2(C(C)=O)OC(C(C)C)O[C@@H]2[C@H]1OCc1ccccc1F. The van der Waals surface area contributed by atoms with Crippen LogP contribution in [0.1, 0.15) is 52.5 Å². The summed E-state index contributed by atoms with van der Waals surface area (Å²) in [7, 11) is 0. The van der Waals surface area contributed by atoms with Crippen LogP contribution in [-0.4, -0.2) is 42.3 Å². The number of ketones is 1. The fourth-order valence-electron chi connectivity index (χ4n) is 3.93. The van der Waals surface area contributed by atoms with Gasteiger partial charge in [0, 0.05) is 18.4 Å². The normalized spacial score (nSPS) is 31.8. The largest absolute Gasteiger partial charge is 0.368 e. The first-order chi connectivity index (χ1) is 14.3. The zero-order valence-corrected chi connectivity index (χ0v) is 18.6. The lowest BCUT2D eigenvalue weighted by molar-refractivity contribution is -0.242. The van der Waals surface area contributed by atoms with Crippen molar-refractivity contribution in [2.24, 2.45) is 5.92 Å². The number of carbonyl (C=O) groups is 1. The second kappa shape index (κ2) is 10.0. The number of halogens is 2. The predicted octanol–water partition coefficient (Wildman–Crippen LogP) is 4.52. The molecular formula is C22H30ClFO6. The molecule has 168 valence electrons. The molecule has 30 heavy (non-hydrogen) atoms. The lowest BCUT2D eigenvalue weighted by Crippen LogP contribution is -2.47. The van der Waals surface area contributed by atoms with Gasteiger partial charge in [0.15, 0.2) is 18.2 Å². The van der Waals surface area contributed by atoms with Gasteiger partial charge in [0.25, 0.3) is 5.79 Å². The Kier molecular flexibility index (Phi) is 7.87. The van der Waals surface area contributed by atoms with Crippen molar-refractivity contribution in [3.8, 4) is 0 Å². The molecule has 0 aliphatic carbocycles. The molecule has 2 aliphatic rings. The van der Waals surface area contributed by atoms with E-state index >= 15 is 0 Å². The number of fused-ring (bicyclic) bond motifs is 1. The molecule has 2 fully saturated rings. The van der Waals surface area contributed by atoms with Crippen LogP contribution in [0.2, 0.25) is 0 Å². The lowest BCUT2D eigenvalue weighted by Gasteiger charge is -2.29. The average molecular weight is 445 g/mol. The van der Waals surface area contributed by atoms with E-state index < -0.39 is 36.5 Å². The van der Waals surface area contributed by atoms with E-state index in [0.29, 0.717) is 12.0 Å². The Bertz CT molecular complexity index is 731. The van der Waals surface area contributed by atoms with Gasteiger partial charge >= 0.3 is 0 Å². The third-order valence-corrected chi connectivity index (χ3v) is 5.86. The fraction of sp³-hybridized carbons (Fsp3) is 0.682. The van der Waals surface area contributed by atoms with Gasteiger partial charge in [-0.25, -0.2) is 4.39 Å². The molecule has 2 heterocycles. The van der Waals surface area contributed by atoms with E-state index in [-0.39, 0.29) is 24.1 Å². The van der Waals surface area contributed by atoms with Crippen molar-refractivity contribution in [3.05, 3.63) is 35.6 Å². The minimum Gasteiger partial charge on any atom is -0.368 e. The summed E-state index contributed by atoms with van der Waals surface area (Å²) in [4.78, 5) is 12.6. The molecule has 1 aromatic carbocycles. The topological polar surface area (TPSA) is 63.2 Å². The van der Waals surface area contributed by atoms with Gasteiger partial charge in [0.2, 0.25) is 0 Å². The van der Waals surface area contributed by atoms with Crippen molar-refractivity contribution in [2.45, 2.75) is 90.1 Å². The third kappa shape index (κ3) is 4.56. The molecule has 2 saturated heterocycles. The molecule has 6 atom stereocenters. The number of hydrogen-bond donors (Lipinski definition) is 0. The monoisotopic (exact) mass is 444 g/mol. The Morgan fingerprint density at radius 2 is 2.03 bits per heavy atom. The average Bonchev–Trinajstić information content (AvgIpc) is 3.23. The molecule has 2 aliphatic heterocycles. The molecule has 0 bridgehead atoms. The van der Waals surface area contributed by atoms with Crippen LogP contribution >= 0.6 is 11.9 Å². The van der Waals surface area contributed by atoms with Gasteiger partial charge in [-0.2, -0.15) is 0 Å². The molecule has 0 N–H and O–H groups in total. The van der Waals surface area contributed by atoms with Crippen LogP contribution in [0.25, 0.3) is 0 Å². The van der Waals surface area contributed by atoms with Crippen LogP contribution in [-0.2, 0) is 34.6 Å². The zero-order chi connectivity index (χ0) is 21.9. The van der Waals surface area contributed by atoms with Gasteiger partial charge < -0.3 is 18.9 Å². The van der Waals surface area contributed by atoms with Crippen LogP contribution in [0.3, 0.4) is 0 Å². The second-order valence-corrected chi connectivity index (χ2v) is 8.41. The van der Waals surface area contributed by atoms with E-state index in [0.717, 1.165) is 12.8 Å². The van der Waals surface area contributed by atoms with Gasteiger partial charge in [-0.1, -0.05) is 51.8 Å². The minimum atomic E-state index is -1.60. The summed E-state index contributed by atoms with van der Waals surface area (Å²) in [6.45, 7) is 7.30. The number of ether oxygens (including phenoxy) is 4. The summed E-state index contributed by atoms with van der Waals surface area (Å²) in [5.41, 5.74) is 0.396. The van der Waals surface area contributed by atoms with Crippen molar-refractivity contribution in [2.75, 3.05) is 0 Å². The highest BCUT2D eigenvalue weighted by Gasteiger charge is 2.67. The van der Waals surface area contributed by atoms with E-state index in [4.69, 9.17) is 35.1 Å². The summed E-state index contributed by atoms with van der Waals surface area (Å²) in [6.07, 6.45) is -0.998. The Morgan fingerprint density at radius 1 is 1.30 bits per heavy atom. The van der Waals surface area contributed by atoms with E-state index in [2.05, 4.69) is 6.92 Å². The van der Waals surface area contributed by atoms with Gasteiger partial charge in [-0.15, -0.1) is 0 Å². The number of Topliss-reactive ketones (excluding diaryl/α,β-unsaturated/α-hetero) is 1. The molecule has 1 unspecified atom stereocenters. The minimum absolute atomic E-state index is 0.00116. The molecule has 0 spiro atoms. The molecule has 0 saturated carbocycles. The first kappa shape index (κ1) is 23.6.